The molecule has 2 N–H and O–H groups in total. The van der Waals surface area contributed by atoms with Crippen LogP contribution in [0.25, 0.3) is 10.8 Å². The monoisotopic (exact) mass is 227 g/mol. The molecule has 2 heteroatoms. The molecule has 2 nitrogen and oxygen atoms in total. The van der Waals surface area contributed by atoms with Crippen LogP contribution in [0.4, 0.5) is 0 Å². The summed E-state index contributed by atoms with van der Waals surface area (Å²) in [6, 6.07) is 10.9. The summed E-state index contributed by atoms with van der Waals surface area (Å²) in [6.07, 6.45) is 3.05. The summed E-state index contributed by atoms with van der Waals surface area (Å²) < 4.78 is 5.52. The first-order valence-electron chi connectivity index (χ1n) is 6.12. The Labute approximate surface area is 101 Å². The maximum atomic E-state index is 6.09. The number of rotatable bonds is 1. The predicted octanol–water partition coefficient (Wildman–Crippen LogP) is 2.66. The van der Waals surface area contributed by atoms with Crippen molar-refractivity contribution in [1.82, 2.24) is 0 Å². The number of benzene rings is 2. The van der Waals surface area contributed by atoms with Gasteiger partial charge in [0.25, 0.3) is 0 Å². The lowest BCUT2D eigenvalue weighted by atomic mass is 9.85. The van der Waals surface area contributed by atoms with E-state index in [1.807, 2.05) is 0 Å². The van der Waals surface area contributed by atoms with Crippen molar-refractivity contribution in [1.29, 1.82) is 0 Å². The lowest BCUT2D eigenvalue weighted by molar-refractivity contribution is 0.405. The minimum Gasteiger partial charge on any atom is -0.496 e. The van der Waals surface area contributed by atoms with Crippen LogP contribution in [0.5, 0.6) is 5.75 Å². The number of fused-ring (bicyclic) bond motifs is 3. The first-order valence-corrected chi connectivity index (χ1v) is 6.12. The summed E-state index contributed by atoms with van der Waals surface area (Å²) in [5.41, 5.74) is 8.83. The lowest BCUT2D eigenvalue weighted by Gasteiger charge is -2.25. The molecule has 17 heavy (non-hydrogen) atoms. The van der Waals surface area contributed by atoms with E-state index in [4.69, 9.17) is 10.5 Å². The first-order chi connectivity index (χ1) is 8.29. The van der Waals surface area contributed by atoms with Gasteiger partial charge in [-0.05, 0) is 47.2 Å². The highest BCUT2D eigenvalue weighted by atomic mass is 16.5. The van der Waals surface area contributed by atoms with E-state index in [-0.39, 0.29) is 6.04 Å². The van der Waals surface area contributed by atoms with E-state index in [1.165, 1.54) is 21.9 Å². The van der Waals surface area contributed by atoms with Crippen molar-refractivity contribution in [2.75, 3.05) is 7.11 Å². The van der Waals surface area contributed by atoms with Crippen molar-refractivity contribution >= 4 is 10.8 Å². The number of hydrogen-bond acceptors (Lipinski definition) is 2. The average Bonchev–Trinajstić information content (AvgIpc) is 2.37. The molecule has 0 bridgehead atoms. The van der Waals surface area contributed by atoms with Gasteiger partial charge in [-0.15, -0.1) is 0 Å². The van der Waals surface area contributed by atoms with Crippen LogP contribution < -0.4 is 10.5 Å². The van der Waals surface area contributed by atoms with E-state index in [2.05, 4.69) is 30.3 Å². The summed E-state index contributed by atoms with van der Waals surface area (Å²) in [5, 5.41) is 2.58. The second-order valence-electron chi connectivity index (χ2n) is 4.76. The summed E-state index contributed by atoms with van der Waals surface area (Å²) >= 11 is 0. The highest BCUT2D eigenvalue weighted by molar-refractivity contribution is 5.89. The van der Waals surface area contributed by atoms with Gasteiger partial charge in [0.2, 0.25) is 0 Å². The molecule has 88 valence electrons. The zero-order valence-electron chi connectivity index (χ0n) is 10.1. The fraction of sp³-hybridized carbons (Fsp3) is 0.333. The van der Waals surface area contributed by atoms with Gasteiger partial charge >= 0.3 is 0 Å². The Morgan fingerprint density at radius 2 is 2.06 bits per heavy atom. The molecule has 0 amide bonds. The van der Waals surface area contributed by atoms with Gasteiger partial charge in [-0.1, -0.05) is 24.3 Å². The smallest absolute Gasteiger partial charge is 0.122 e. The normalized spacial score (nSPS) is 19.1. The average molecular weight is 227 g/mol. The fourth-order valence-corrected chi connectivity index (χ4v) is 2.82. The van der Waals surface area contributed by atoms with Crippen molar-refractivity contribution in [3.05, 3.63) is 41.5 Å². The summed E-state index contributed by atoms with van der Waals surface area (Å²) in [4.78, 5) is 0. The third kappa shape index (κ3) is 1.69. The van der Waals surface area contributed by atoms with Crippen LogP contribution in [0.3, 0.4) is 0 Å². The van der Waals surface area contributed by atoms with Crippen LogP contribution in [0, 0.1) is 0 Å². The molecular weight excluding hydrogens is 210 g/mol. The highest BCUT2D eigenvalue weighted by Gasteiger charge is 2.21. The van der Waals surface area contributed by atoms with Crippen LogP contribution in [0.1, 0.15) is 17.5 Å². The molecule has 0 fully saturated rings. The summed E-state index contributed by atoms with van der Waals surface area (Å²) in [6.45, 7) is 0. The largest absolute Gasteiger partial charge is 0.496 e. The zero-order valence-corrected chi connectivity index (χ0v) is 10.1. The molecule has 1 atom stereocenters. The van der Waals surface area contributed by atoms with Gasteiger partial charge in [-0.25, -0.2) is 0 Å². The number of ether oxygens (including phenoxy) is 1. The molecule has 3 rings (SSSR count). The second-order valence-corrected chi connectivity index (χ2v) is 4.76. The molecule has 2 aromatic rings. The molecule has 0 spiro atoms. The number of hydrogen-bond donors (Lipinski definition) is 1. The van der Waals surface area contributed by atoms with Gasteiger partial charge in [0.1, 0.15) is 5.75 Å². The summed E-state index contributed by atoms with van der Waals surface area (Å²) in [5.74, 6) is 1.02. The minimum absolute atomic E-state index is 0.290. The molecule has 0 aliphatic heterocycles. The molecule has 1 unspecified atom stereocenters. The molecular formula is C15H17NO. The fourth-order valence-electron chi connectivity index (χ4n) is 2.82. The van der Waals surface area contributed by atoms with Crippen molar-refractivity contribution in [3.8, 4) is 5.75 Å². The van der Waals surface area contributed by atoms with E-state index in [1.54, 1.807) is 7.11 Å². The lowest BCUT2D eigenvalue weighted by Crippen LogP contribution is -2.28. The van der Waals surface area contributed by atoms with Gasteiger partial charge in [0, 0.05) is 6.04 Å². The summed E-state index contributed by atoms with van der Waals surface area (Å²) in [7, 11) is 1.75. The zero-order chi connectivity index (χ0) is 11.8. The maximum Gasteiger partial charge on any atom is 0.122 e. The van der Waals surface area contributed by atoms with Gasteiger partial charge in [0.05, 0.1) is 7.11 Å². The number of nitrogens with two attached hydrogens (primary N) is 1. The molecule has 0 aromatic heterocycles. The van der Waals surface area contributed by atoms with Gasteiger partial charge in [0.15, 0.2) is 0 Å². The van der Waals surface area contributed by atoms with Gasteiger partial charge < -0.3 is 10.5 Å². The number of methoxy groups -OCH3 is 1. The molecule has 2 aromatic carbocycles. The van der Waals surface area contributed by atoms with Crippen LogP contribution >= 0.6 is 0 Å². The highest BCUT2D eigenvalue weighted by Crippen LogP contribution is 2.35. The van der Waals surface area contributed by atoms with E-state index < -0.39 is 0 Å². The van der Waals surface area contributed by atoms with Crippen molar-refractivity contribution in [3.63, 3.8) is 0 Å². The standard InChI is InChI=1S/C15H17NO/c1-17-15-8-10-4-2-3-5-12(10)14-9-11(16)6-7-13(14)15/h2-5,8,11H,6-7,9,16H2,1H3. The minimum atomic E-state index is 0.290. The van der Waals surface area contributed by atoms with Crippen LogP contribution in [0.2, 0.25) is 0 Å². The molecule has 1 aliphatic rings. The molecule has 1 aliphatic carbocycles. The third-order valence-electron chi connectivity index (χ3n) is 3.69. The van der Waals surface area contributed by atoms with Gasteiger partial charge in [-0.3, -0.25) is 0 Å². The van der Waals surface area contributed by atoms with Crippen LogP contribution in [-0.2, 0) is 12.8 Å². The van der Waals surface area contributed by atoms with E-state index in [0.29, 0.717) is 0 Å². The Morgan fingerprint density at radius 3 is 2.88 bits per heavy atom. The van der Waals surface area contributed by atoms with Crippen molar-refractivity contribution < 1.29 is 4.74 Å². The Kier molecular flexibility index (Phi) is 2.52. The van der Waals surface area contributed by atoms with Crippen molar-refractivity contribution in [2.45, 2.75) is 25.3 Å². The second kappa shape index (κ2) is 4.04. The van der Waals surface area contributed by atoms with Crippen LogP contribution in [-0.4, -0.2) is 13.2 Å². The van der Waals surface area contributed by atoms with Crippen molar-refractivity contribution in [2.24, 2.45) is 5.73 Å². The molecule has 0 saturated heterocycles. The molecule has 0 radical (unpaired) electrons. The Balaban J connectivity index is 2.31. The van der Waals surface area contributed by atoms with E-state index >= 15 is 0 Å². The van der Waals surface area contributed by atoms with Gasteiger partial charge in [-0.2, -0.15) is 0 Å². The maximum absolute atomic E-state index is 6.09. The molecule has 0 heterocycles. The van der Waals surface area contributed by atoms with Crippen LogP contribution in [0.15, 0.2) is 30.3 Å². The topological polar surface area (TPSA) is 35.2 Å². The third-order valence-corrected chi connectivity index (χ3v) is 3.69. The predicted molar refractivity (Wildman–Crippen MR) is 70.5 cm³/mol. The molecule has 0 saturated carbocycles. The Morgan fingerprint density at radius 1 is 1.24 bits per heavy atom. The van der Waals surface area contributed by atoms with E-state index in [0.717, 1.165) is 25.0 Å². The Bertz CT molecular complexity index is 562. The first kappa shape index (κ1) is 10.6. The Hall–Kier alpha value is -1.54. The SMILES string of the molecule is COc1cc2ccccc2c2c1CCC(N)C2. The van der Waals surface area contributed by atoms with E-state index in [9.17, 15) is 0 Å². The quantitative estimate of drug-likeness (QED) is 0.813.